The van der Waals surface area contributed by atoms with Crippen LogP contribution in [-0.4, -0.2) is 19.5 Å². The molecule has 0 aromatic carbocycles. The third-order valence-corrected chi connectivity index (χ3v) is 6.95. The summed E-state index contributed by atoms with van der Waals surface area (Å²) in [6, 6.07) is 0. The van der Waals surface area contributed by atoms with Crippen LogP contribution in [0.5, 0.6) is 0 Å². The molecule has 0 N–H and O–H groups in total. The van der Waals surface area contributed by atoms with Gasteiger partial charge in [0.05, 0.1) is 13.2 Å². The van der Waals surface area contributed by atoms with Crippen LogP contribution >= 0.6 is 0 Å². The van der Waals surface area contributed by atoms with Gasteiger partial charge >= 0.3 is 0 Å². The fraction of sp³-hybridized carbons (Fsp3) is 0.913. The largest absolute Gasteiger partial charge is 0.352 e. The van der Waals surface area contributed by atoms with Crippen LogP contribution in [0.4, 0.5) is 0 Å². The molecular formula is C23H38O2. The lowest BCUT2D eigenvalue weighted by molar-refractivity contribution is -0.210. The molecule has 2 heteroatoms. The summed E-state index contributed by atoms with van der Waals surface area (Å²) in [5, 5.41) is 0. The van der Waals surface area contributed by atoms with E-state index in [1.807, 2.05) is 6.92 Å². The second-order valence-electron chi connectivity index (χ2n) is 9.37. The zero-order chi connectivity index (χ0) is 17.7. The summed E-state index contributed by atoms with van der Waals surface area (Å²) in [5.74, 6) is 10.2. The molecule has 2 saturated carbocycles. The molecule has 2 nitrogen and oxygen atoms in total. The van der Waals surface area contributed by atoms with E-state index in [9.17, 15) is 0 Å². The third kappa shape index (κ3) is 5.48. The molecule has 142 valence electrons. The van der Waals surface area contributed by atoms with Crippen LogP contribution in [0.1, 0.15) is 85.0 Å². The van der Waals surface area contributed by atoms with Gasteiger partial charge in [0, 0.05) is 17.8 Å². The van der Waals surface area contributed by atoms with E-state index in [-0.39, 0.29) is 11.7 Å². The van der Waals surface area contributed by atoms with Crippen molar-refractivity contribution >= 4 is 0 Å². The highest BCUT2D eigenvalue weighted by atomic mass is 16.7. The normalized spacial score (nSPS) is 42.4. The Balaban J connectivity index is 1.49. The van der Waals surface area contributed by atoms with Crippen LogP contribution in [0, 0.1) is 40.9 Å². The van der Waals surface area contributed by atoms with Crippen molar-refractivity contribution in [1.29, 1.82) is 0 Å². The molecule has 0 atom stereocenters. The van der Waals surface area contributed by atoms with Gasteiger partial charge in [-0.25, -0.2) is 0 Å². The van der Waals surface area contributed by atoms with Crippen molar-refractivity contribution in [2.45, 2.75) is 91.3 Å². The Morgan fingerprint density at radius 2 is 1.44 bits per heavy atom. The van der Waals surface area contributed by atoms with Crippen molar-refractivity contribution in [3.63, 3.8) is 0 Å². The molecule has 0 bridgehead atoms. The predicted molar refractivity (Wildman–Crippen MR) is 103 cm³/mol. The Kier molecular flexibility index (Phi) is 6.86. The molecule has 0 radical (unpaired) electrons. The topological polar surface area (TPSA) is 18.5 Å². The van der Waals surface area contributed by atoms with Crippen molar-refractivity contribution in [3.8, 4) is 11.8 Å². The monoisotopic (exact) mass is 346 g/mol. The van der Waals surface area contributed by atoms with Crippen LogP contribution in [0.25, 0.3) is 0 Å². The smallest absolute Gasteiger partial charge is 0.159 e. The molecule has 3 rings (SSSR count). The average molecular weight is 347 g/mol. The van der Waals surface area contributed by atoms with Gasteiger partial charge in [0.1, 0.15) is 0 Å². The molecule has 0 unspecified atom stereocenters. The molecule has 0 amide bonds. The van der Waals surface area contributed by atoms with Crippen molar-refractivity contribution in [2.75, 3.05) is 13.2 Å². The van der Waals surface area contributed by atoms with E-state index in [1.165, 1.54) is 57.8 Å². The van der Waals surface area contributed by atoms with Gasteiger partial charge in [0.15, 0.2) is 6.29 Å². The van der Waals surface area contributed by atoms with E-state index < -0.39 is 0 Å². The predicted octanol–water partition coefficient (Wildman–Crippen LogP) is 5.80. The van der Waals surface area contributed by atoms with Crippen molar-refractivity contribution in [2.24, 2.45) is 29.1 Å². The Labute approximate surface area is 155 Å². The number of ether oxygens (including phenoxy) is 2. The van der Waals surface area contributed by atoms with Gasteiger partial charge in [0.2, 0.25) is 0 Å². The molecule has 0 aromatic rings. The zero-order valence-electron chi connectivity index (χ0n) is 16.7. The molecule has 0 spiro atoms. The van der Waals surface area contributed by atoms with Gasteiger partial charge < -0.3 is 9.47 Å². The number of hydrogen-bond donors (Lipinski definition) is 0. The van der Waals surface area contributed by atoms with Gasteiger partial charge in [-0.2, -0.15) is 0 Å². The first-order chi connectivity index (χ1) is 12.1. The summed E-state index contributed by atoms with van der Waals surface area (Å²) in [4.78, 5) is 0. The summed E-state index contributed by atoms with van der Waals surface area (Å²) in [7, 11) is 0. The van der Waals surface area contributed by atoms with Crippen LogP contribution in [0.3, 0.4) is 0 Å². The summed E-state index contributed by atoms with van der Waals surface area (Å²) >= 11 is 0. The van der Waals surface area contributed by atoms with Crippen molar-refractivity contribution < 1.29 is 9.47 Å². The number of rotatable bonds is 4. The molecule has 3 fully saturated rings. The lowest BCUT2D eigenvalue weighted by Crippen LogP contribution is -2.37. The fourth-order valence-electron chi connectivity index (χ4n) is 5.22. The van der Waals surface area contributed by atoms with E-state index in [0.29, 0.717) is 5.92 Å². The molecule has 1 saturated heterocycles. The van der Waals surface area contributed by atoms with E-state index in [0.717, 1.165) is 37.4 Å². The summed E-state index contributed by atoms with van der Waals surface area (Å²) < 4.78 is 11.9. The van der Waals surface area contributed by atoms with Crippen molar-refractivity contribution in [1.82, 2.24) is 0 Å². The quantitative estimate of drug-likeness (QED) is 0.599. The fourth-order valence-corrected chi connectivity index (χ4v) is 5.22. The van der Waals surface area contributed by atoms with E-state index in [4.69, 9.17) is 9.47 Å². The first kappa shape index (κ1) is 19.2. The standard InChI is InChI=1S/C23H38O2/c1-4-11-23(15-22-24-16-19(3)17-25-22)12-9-21(10-13-23)14-20-7-5-18(2)6-8-20/h18-22H,5-10,12-17H2,1-3H3. The van der Waals surface area contributed by atoms with Gasteiger partial charge in [-0.3, -0.25) is 0 Å². The minimum absolute atomic E-state index is 0.0339. The average Bonchev–Trinajstić information content (AvgIpc) is 2.61. The molecule has 3 aliphatic rings. The lowest BCUT2D eigenvalue weighted by atomic mass is 9.66. The van der Waals surface area contributed by atoms with E-state index in [2.05, 4.69) is 25.7 Å². The maximum atomic E-state index is 5.93. The van der Waals surface area contributed by atoms with Gasteiger partial charge in [0.25, 0.3) is 0 Å². The molecule has 25 heavy (non-hydrogen) atoms. The maximum absolute atomic E-state index is 5.93. The lowest BCUT2D eigenvalue weighted by Gasteiger charge is -2.41. The molecular weight excluding hydrogens is 308 g/mol. The molecule has 1 aliphatic heterocycles. The highest BCUT2D eigenvalue weighted by Crippen LogP contribution is 2.46. The Bertz CT molecular complexity index is 450. The van der Waals surface area contributed by atoms with Crippen LogP contribution in [-0.2, 0) is 9.47 Å². The first-order valence-electron chi connectivity index (χ1n) is 10.8. The van der Waals surface area contributed by atoms with Gasteiger partial charge in [-0.15, -0.1) is 5.92 Å². The van der Waals surface area contributed by atoms with Gasteiger partial charge in [-0.1, -0.05) is 45.5 Å². The maximum Gasteiger partial charge on any atom is 0.159 e. The molecule has 2 aliphatic carbocycles. The zero-order valence-corrected chi connectivity index (χ0v) is 16.7. The van der Waals surface area contributed by atoms with Crippen LogP contribution in [0.2, 0.25) is 0 Å². The van der Waals surface area contributed by atoms with E-state index in [1.54, 1.807) is 0 Å². The second kappa shape index (κ2) is 8.92. The Morgan fingerprint density at radius 3 is 2.04 bits per heavy atom. The second-order valence-corrected chi connectivity index (χ2v) is 9.37. The third-order valence-electron chi connectivity index (χ3n) is 6.95. The summed E-state index contributed by atoms with van der Waals surface area (Å²) in [6.45, 7) is 8.27. The summed E-state index contributed by atoms with van der Waals surface area (Å²) in [5.41, 5.74) is 0.136. The Morgan fingerprint density at radius 1 is 0.840 bits per heavy atom. The molecule has 1 heterocycles. The Hall–Kier alpha value is -0.520. The SMILES string of the molecule is CC#CC1(CC2OCC(C)CO2)CCC(CC2CCC(C)CC2)CC1. The summed E-state index contributed by atoms with van der Waals surface area (Å²) in [6.07, 6.45) is 13.4. The highest BCUT2D eigenvalue weighted by Gasteiger charge is 2.38. The minimum atomic E-state index is -0.0339. The molecule has 0 aromatic heterocycles. The first-order valence-corrected chi connectivity index (χ1v) is 10.8. The number of hydrogen-bond acceptors (Lipinski definition) is 2. The van der Waals surface area contributed by atoms with Crippen LogP contribution in [0.15, 0.2) is 0 Å². The van der Waals surface area contributed by atoms with Crippen LogP contribution < -0.4 is 0 Å². The van der Waals surface area contributed by atoms with E-state index >= 15 is 0 Å². The van der Waals surface area contributed by atoms with Gasteiger partial charge in [-0.05, 0) is 56.8 Å². The highest BCUT2D eigenvalue weighted by molar-refractivity contribution is 5.12. The van der Waals surface area contributed by atoms with Crippen molar-refractivity contribution in [3.05, 3.63) is 0 Å². The minimum Gasteiger partial charge on any atom is -0.352 e.